The second-order valence-corrected chi connectivity index (χ2v) is 13.4. The third-order valence-electron chi connectivity index (χ3n) is 7.01. The van der Waals surface area contributed by atoms with Crippen molar-refractivity contribution in [1.29, 1.82) is 0 Å². The zero-order valence-electron chi connectivity index (χ0n) is 26.0. The van der Waals surface area contributed by atoms with E-state index in [9.17, 15) is 50.2 Å². The number of imide groups is 2. The van der Waals surface area contributed by atoms with Gasteiger partial charge >= 0.3 is 6.03 Å². The van der Waals surface area contributed by atoms with Gasteiger partial charge in [-0.05, 0) is 72.5 Å². The molecule has 0 saturated carbocycles. The molecule has 0 bridgehead atoms. The first-order chi connectivity index (χ1) is 24.0. The molecule has 1 aliphatic heterocycles. The molecule has 0 radical (unpaired) electrons. The molecule has 21 heteroatoms. The predicted molar refractivity (Wildman–Crippen MR) is 176 cm³/mol. The van der Waals surface area contributed by atoms with Crippen LogP contribution >= 0.6 is 0 Å². The summed E-state index contributed by atoms with van der Waals surface area (Å²) in [6, 6.07) is 11.6. The van der Waals surface area contributed by atoms with Gasteiger partial charge in [0.2, 0.25) is 6.04 Å². The molecule has 51 heavy (non-hydrogen) atoms. The van der Waals surface area contributed by atoms with Crippen LogP contribution in [-0.4, -0.2) is 74.1 Å². The number of azo groups is 2. The number of benzene rings is 4. The molecule has 0 aromatic heterocycles. The van der Waals surface area contributed by atoms with Crippen LogP contribution in [0.1, 0.15) is 15.9 Å². The van der Waals surface area contributed by atoms with Gasteiger partial charge in [0.25, 0.3) is 38.0 Å². The number of urea groups is 1. The third-order valence-corrected chi connectivity index (χ3v) is 8.73. The highest BCUT2D eigenvalue weighted by atomic mass is 32.2. The van der Waals surface area contributed by atoms with Crippen molar-refractivity contribution >= 4 is 77.5 Å². The average Bonchev–Trinajstić information content (AvgIpc) is 3.05. The Balaban J connectivity index is 1.37. The largest absolute Gasteiger partial charge is 0.489 e. The molecule has 1 fully saturated rings. The number of hydrogen-bond acceptors (Lipinski definition) is 14. The van der Waals surface area contributed by atoms with Crippen molar-refractivity contribution in [3.05, 3.63) is 77.9 Å². The number of anilines is 1. The summed E-state index contributed by atoms with van der Waals surface area (Å²) < 4.78 is 72.0. The molecule has 4 aromatic rings. The summed E-state index contributed by atoms with van der Waals surface area (Å²) >= 11 is 0. The Hall–Kier alpha value is -6.00. The number of carbonyl (C=O) groups excluding carboxylic acids is 4. The Morgan fingerprint density at radius 3 is 2.14 bits per heavy atom. The first kappa shape index (κ1) is 36.3. The van der Waals surface area contributed by atoms with Gasteiger partial charge in [0.05, 0.1) is 34.3 Å². The number of ether oxygens (including phenoxy) is 1. The fraction of sp³-hybridized carbons (Fsp3) is 0.133. The minimum Gasteiger partial charge on any atom is -0.489 e. The van der Waals surface area contributed by atoms with Gasteiger partial charge in [-0.25, -0.2) is 4.79 Å². The molecule has 4 aromatic carbocycles. The Morgan fingerprint density at radius 2 is 1.51 bits per heavy atom. The lowest BCUT2D eigenvalue weighted by Crippen LogP contribution is -2.57. The van der Waals surface area contributed by atoms with E-state index in [-0.39, 0.29) is 58.0 Å². The minimum atomic E-state index is -4.93. The summed E-state index contributed by atoms with van der Waals surface area (Å²) in [7, 11) is -9.73. The lowest BCUT2D eigenvalue weighted by atomic mass is 10.1. The van der Waals surface area contributed by atoms with Gasteiger partial charge in [-0.15, -0.1) is 0 Å². The molecule has 1 heterocycles. The number of rotatable bonds is 11. The average molecular weight is 740 g/mol. The van der Waals surface area contributed by atoms with E-state index in [1.54, 1.807) is 6.92 Å². The lowest BCUT2D eigenvalue weighted by molar-refractivity contribution is -0.131. The van der Waals surface area contributed by atoms with Gasteiger partial charge in [0.15, 0.2) is 0 Å². The molecular formula is C30H25N7O12S2. The summed E-state index contributed by atoms with van der Waals surface area (Å²) in [4.78, 5) is 46.4. The normalized spacial score (nSPS) is 14.2. The van der Waals surface area contributed by atoms with Crippen molar-refractivity contribution in [3.63, 3.8) is 0 Å². The first-order valence-electron chi connectivity index (χ1n) is 14.3. The summed E-state index contributed by atoms with van der Waals surface area (Å²) in [5, 5.41) is 31.6. The number of aryl methyl sites for hydroxylation is 1. The van der Waals surface area contributed by atoms with Crippen LogP contribution in [0.5, 0.6) is 5.75 Å². The zero-order chi connectivity index (χ0) is 37.1. The highest BCUT2D eigenvalue weighted by Crippen LogP contribution is 2.36. The standard InChI is InChI=1S/C30H25N7O12S2/c1-15-10-23(31-27(39)16-2-5-18(6-3-16)34-37-26-28(40)32-30(42)33-29(26)41)24(49-9-8-38)14-22(15)36-35-19-7-4-17-11-20(50(43,44)45)13-25(21(17)12-19)51(46,47)48/h2-7,10-14,26,38H,8-9H2,1H3,(H,31,39)(H,43,44,45)(H,46,47,48)(H2,32,33,40,41,42). The number of carbonyl (C=O) groups is 4. The molecular weight excluding hydrogens is 715 g/mol. The Labute approximate surface area is 287 Å². The summed E-state index contributed by atoms with van der Waals surface area (Å²) in [5.41, 5.74) is 1.42. The number of aliphatic hydroxyl groups excluding tert-OH is 1. The van der Waals surface area contributed by atoms with Crippen molar-refractivity contribution in [2.24, 2.45) is 20.5 Å². The SMILES string of the molecule is Cc1cc(NC(=O)c2ccc(N=NC3C(=O)NC(=O)NC3=O)cc2)c(OCCO)cc1N=Nc1ccc2cc(S(=O)(=O)O)cc(S(=O)(=O)O)c2c1. The summed E-state index contributed by atoms with van der Waals surface area (Å²) in [6.07, 6.45) is 0. The fourth-order valence-electron chi connectivity index (χ4n) is 4.59. The topological polar surface area (TPSA) is 292 Å². The molecule has 0 unspecified atom stereocenters. The number of barbiturate groups is 1. The Morgan fingerprint density at radius 1 is 0.843 bits per heavy atom. The van der Waals surface area contributed by atoms with E-state index in [0.717, 1.165) is 6.07 Å². The van der Waals surface area contributed by atoms with E-state index in [2.05, 4.69) is 25.8 Å². The highest BCUT2D eigenvalue weighted by molar-refractivity contribution is 7.86. The van der Waals surface area contributed by atoms with Crippen LogP contribution in [0, 0.1) is 6.92 Å². The van der Waals surface area contributed by atoms with Gasteiger partial charge in [-0.2, -0.15) is 37.3 Å². The van der Waals surface area contributed by atoms with Crippen LogP contribution in [0.25, 0.3) is 10.8 Å². The third kappa shape index (κ3) is 8.60. The van der Waals surface area contributed by atoms with Gasteiger partial charge in [0, 0.05) is 17.0 Å². The summed E-state index contributed by atoms with van der Waals surface area (Å²) in [5.74, 6) is -2.34. The maximum atomic E-state index is 13.1. The minimum absolute atomic E-state index is 0.0629. The summed E-state index contributed by atoms with van der Waals surface area (Å²) in [6.45, 7) is 1.14. The molecule has 264 valence electrons. The van der Waals surface area contributed by atoms with Crippen molar-refractivity contribution < 1.29 is 55.0 Å². The zero-order valence-corrected chi connectivity index (χ0v) is 27.6. The molecule has 1 saturated heterocycles. The molecule has 0 aliphatic carbocycles. The van der Waals surface area contributed by atoms with Crippen LogP contribution in [0.4, 0.5) is 27.5 Å². The van der Waals surface area contributed by atoms with Crippen molar-refractivity contribution in [1.82, 2.24) is 10.6 Å². The van der Waals surface area contributed by atoms with Crippen molar-refractivity contribution in [2.45, 2.75) is 22.8 Å². The second kappa shape index (κ2) is 14.5. The maximum Gasteiger partial charge on any atom is 0.328 e. The van der Waals surface area contributed by atoms with E-state index in [1.165, 1.54) is 54.6 Å². The first-order valence-corrected chi connectivity index (χ1v) is 17.2. The van der Waals surface area contributed by atoms with Gasteiger partial charge < -0.3 is 15.2 Å². The molecule has 6 N–H and O–H groups in total. The fourth-order valence-corrected chi connectivity index (χ4v) is 5.94. The van der Waals surface area contributed by atoms with Crippen LogP contribution in [0.3, 0.4) is 0 Å². The number of amides is 5. The molecule has 1 aliphatic rings. The molecule has 19 nitrogen and oxygen atoms in total. The van der Waals surface area contributed by atoms with Crippen molar-refractivity contribution in [2.75, 3.05) is 18.5 Å². The number of hydrogen-bond donors (Lipinski definition) is 6. The van der Waals surface area contributed by atoms with Gasteiger partial charge in [-0.1, -0.05) is 6.07 Å². The van der Waals surface area contributed by atoms with Crippen LogP contribution in [0.15, 0.2) is 97.0 Å². The molecule has 0 spiro atoms. The highest BCUT2D eigenvalue weighted by Gasteiger charge is 2.34. The molecule has 5 rings (SSSR count). The van der Waals surface area contributed by atoms with E-state index < -0.39 is 59.8 Å². The van der Waals surface area contributed by atoms with Crippen LogP contribution < -0.4 is 20.7 Å². The quantitative estimate of drug-likeness (QED) is 0.0732. The predicted octanol–water partition coefficient (Wildman–Crippen LogP) is 3.50. The Kier molecular flexibility index (Phi) is 10.3. The number of aliphatic hydroxyl groups is 1. The Bertz CT molecular complexity index is 2360. The van der Waals surface area contributed by atoms with E-state index in [0.29, 0.717) is 11.6 Å². The smallest absolute Gasteiger partial charge is 0.328 e. The maximum absolute atomic E-state index is 13.1. The second-order valence-electron chi connectivity index (χ2n) is 10.6. The van der Waals surface area contributed by atoms with Crippen LogP contribution in [0.2, 0.25) is 0 Å². The lowest BCUT2D eigenvalue weighted by Gasteiger charge is -2.16. The van der Waals surface area contributed by atoms with Gasteiger partial charge in [0.1, 0.15) is 17.3 Å². The van der Waals surface area contributed by atoms with E-state index in [1.807, 2.05) is 10.6 Å². The monoisotopic (exact) mass is 739 g/mol. The number of nitrogens with zero attached hydrogens (tertiary/aromatic N) is 4. The van der Waals surface area contributed by atoms with Gasteiger partial charge in [-0.3, -0.25) is 34.1 Å². The number of fused-ring (bicyclic) bond motifs is 1. The number of nitrogens with one attached hydrogen (secondary N) is 3. The van der Waals surface area contributed by atoms with Crippen LogP contribution in [-0.2, 0) is 29.8 Å². The van der Waals surface area contributed by atoms with E-state index in [4.69, 9.17) is 4.74 Å². The van der Waals surface area contributed by atoms with E-state index >= 15 is 0 Å². The molecule has 0 atom stereocenters. The van der Waals surface area contributed by atoms with Crippen molar-refractivity contribution in [3.8, 4) is 5.75 Å². The molecule has 5 amide bonds.